The van der Waals surface area contributed by atoms with Gasteiger partial charge < -0.3 is 14.6 Å². The van der Waals surface area contributed by atoms with E-state index in [1.165, 1.54) is 0 Å². The van der Waals surface area contributed by atoms with Crippen molar-refractivity contribution in [2.24, 2.45) is 0 Å². The zero-order valence-corrected chi connectivity index (χ0v) is 10.4. The van der Waals surface area contributed by atoms with Gasteiger partial charge in [0.1, 0.15) is 17.6 Å². The van der Waals surface area contributed by atoms with Crippen LogP contribution in [0.3, 0.4) is 0 Å². The summed E-state index contributed by atoms with van der Waals surface area (Å²) in [5.41, 5.74) is 0.495. The highest BCUT2D eigenvalue weighted by atomic mass is 16.5. The minimum Gasteiger partial charge on any atom is -0.497 e. The fraction of sp³-hybridized carbons (Fsp3) is 0.500. The van der Waals surface area contributed by atoms with Crippen LogP contribution >= 0.6 is 0 Å². The normalized spacial score (nSPS) is 23.2. The van der Waals surface area contributed by atoms with Crippen LogP contribution in [0.25, 0.3) is 0 Å². The van der Waals surface area contributed by atoms with E-state index in [1.807, 2.05) is 0 Å². The third-order valence-electron chi connectivity index (χ3n) is 3.20. The van der Waals surface area contributed by atoms with Crippen molar-refractivity contribution in [3.8, 4) is 17.6 Å². The van der Waals surface area contributed by atoms with E-state index in [2.05, 4.69) is 6.07 Å². The van der Waals surface area contributed by atoms with E-state index in [0.29, 0.717) is 17.1 Å². The smallest absolute Gasteiger partial charge is 0.124 e. The number of ether oxygens (including phenoxy) is 2. The molecule has 1 aromatic carbocycles. The summed E-state index contributed by atoms with van der Waals surface area (Å²) in [6.45, 7) is 0. The lowest BCUT2D eigenvalue weighted by Crippen LogP contribution is -2.34. The van der Waals surface area contributed by atoms with Crippen LogP contribution in [0.5, 0.6) is 11.5 Å². The van der Waals surface area contributed by atoms with Gasteiger partial charge >= 0.3 is 0 Å². The van der Waals surface area contributed by atoms with E-state index in [-0.39, 0.29) is 6.10 Å². The van der Waals surface area contributed by atoms with Gasteiger partial charge in [-0.3, -0.25) is 0 Å². The Kier molecular flexibility index (Phi) is 4.06. The molecule has 4 nitrogen and oxygen atoms in total. The Balaban J connectivity index is 2.15. The summed E-state index contributed by atoms with van der Waals surface area (Å²) < 4.78 is 10.9. The number of methoxy groups -OCH3 is 1. The average molecular weight is 247 g/mol. The largest absolute Gasteiger partial charge is 0.497 e. The summed E-state index contributed by atoms with van der Waals surface area (Å²) in [5.74, 6) is 1.17. The average Bonchev–Trinajstić information content (AvgIpc) is 2.41. The molecule has 4 heteroatoms. The lowest BCUT2D eigenvalue weighted by atomic mass is 9.95. The summed E-state index contributed by atoms with van der Waals surface area (Å²) in [5, 5.41) is 18.8. The van der Waals surface area contributed by atoms with Crippen molar-refractivity contribution in [2.75, 3.05) is 7.11 Å². The fourth-order valence-electron chi connectivity index (χ4n) is 2.21. The minimum atomic E-state index is -0.421. The van der Waals surface area contributed by atoms with Crippen molar-refractivity contribution in [2.45, 2.75) is 37.9 Å². The summed E-state index contributed by atoms with van der Waals surface area (Å²) in [6.07, 6.45) is 3.13. The lowest BCUT2D eigenvalue weighted by molar-refractivity contribution is 0.00677. The summed E-state index contributed by atoms with van der Waals surface area (Å²) in [6, 6.07) is 7.13. The standard InChI is InChI=1S/C14H17NO3/c1-17-11-6-10(9-15)7-12(8-11)18-14-5-3-2-4-13(14)16/h6-8,13-14,16H,2-5H2,1H3. The molecule has 2 unspecified atom stereocenters. The topological polar surface area (TPSA) is 62.5 Å². The molecular weight excluding hydrogens is 230 g/mol. The second-order valence-electron chi connectivity index (χ2n) is 4.52. The predicted octanol–water partition coefficient (Wildman–Crippen LogP) is 2.25. The Bertz CT molecular complexity index is 453. The minimum absolute atomic E-state index is 0.183. The first-order valence-corrected chi connectivity index (χ1v) is 6.17. The number of rotatable bonds is 3. The van der Waals surface area contributed by atoms with Gasteiger partial charge in [0, 0.05) is 6.07 Å². The molecule has 0 aromatic heterocycles. The van der Waals surface area contributed by atoms with Crippen LogP contribution in [-0.2, 0) is 0 Å². The van der Waals surface area contributed by atoms with E-state index >= 15 is 0 Å². The highest BCUT2D eigenvalue weighted by molar-refractivity contribution is 5.43. The van der Waals surface area contributed by atoms with E-state index in [1.54, 1.807) is 25.3 Å². The molecule has 0 spiro atoms. The van der Waals surface area contributed by atoms with Crippen LogP contribution < -0.4 is 9.47 Å². The lowest BCUT2D eigenvalue weighted by Gasteiger charge is -2.28. The van der Waals surface area contributed by atoms with Gasteiger partial charge in [-0.25, -0.2) is 0 Å². The maximum Gasteiger partial charge on any atom is 0.124 e. The number of hydrogen-bond donors (Lipinski definition) is 1. The fourth-order valence-corrected chi connectivity index (χ4v) is 2.21. The molecule has 1 aliphatic rings. The van der Waals surface area contributed by atoms with Gasteiger partial charge in [0.25, 0.3) is 0 Å². The van der Waals surface area contributed by atoms with Gasteiger partial charge in [0.15, 0.2) is 0 Å². The molecule has 0 saturated heterocycles. The maximum atomic E-state index is 9.86. The predicted molar refractivity (Wildman–Crippen MR) is 66.6 cm³/mol. The molecule has 0 heterocycles. The van der Waals surface area contributed by atoms with Gasteiger partial charge in [-0.05, 0) is 31.4 Å². The van der Waals surface area contributed by atoms with Gasteiger partial charge in [-0.2, -0.15) is 5.26 Å². The van der Waals surface area contributed by atoms with Crippen molar-refractivity contribution >= 4 is 0 Å². The van der Waals surface area contributed by atoms with Crippen LogP contribution in [0.1, 0.15) is 31.2 Å². The Morgan fingerprint density at radius 2 is 1.94 bits per heavy atom. The van der Waals surface area contributed by atoms with E-state index in [4.69, 9.17) is 14.7 Å². The number of nitrogens with zero attached hydrogens (tertiary/aromatic N) is 1. The maximum absolute atomic E-state index is 9.86. The Morgan fingerprint density at radius 1 is 1.22 bits per heavy atom. The number of hydrogen-bond acceptors (Lipinski definition) is 4. The first-order valence-electron chi connectivity index (χ1n) is 6.17. The Morgan fingerprint density at radius 3 is 2.61 bits per heavy atom. The molecule has 2 atom stereocenters. The van der Waals surface area contributed by atoms with Crippen LogP contribution in [0.4, 0.5) is 0 Å². The van der Waals surface area contributed by atoms with Crippen molar-refractivity contribution in [3.63, 3.8) is 0 Å². The van der Waals surface area contributed by atoms with E-state index < -0.39 is 6.10 Å². The first kappa shape index (κ1) is 12.7. The van der Waals surface area contributed by atoms with Crippen LogP contribution in [-0.4, -0.2) is 24.4 Å². The molecule has 0 radical (unpaired) electrons. The molecule has 0 aliphatic heterocycles. The third-order valence-corrected chi connectivity index (χ3v) is 3.20. The zero-order valence-electron chi connectivity index (χ0n) is 10.4. The van der Waals surface area contributed by atoms with Gasteiger partial charge in [-0.15, -0.1) is 0 Å². The first-order chi connectivity index (χ1) is 8.72. The molecular formula is C14H17NO3. The molecule has 96 valence electrons. The third kappa shape index (κ3) is 2.93. The summed E-state index contributed by atoms with van der Waals surface area (Å²) in [7, 11) is 1.55. The molecule has 1 fully saturated rings. The van der Waals surface area contributed by atoms with Crippen molar-refractivity contribution in [3.05, 3.63) is 23.8 Å². The van der Waals surface area contributed by atoms with Crippen molar-refractivity contribution < 1.29 is 14.6 Å². The second kappa shape index (κ2) is 5.74. The van der Waals surface area contributed by atoms with Gasteiger partial charge in [0.05, 0.1) is 24.8 Å². The SMILES string of the molecule is COc1cc(C#N)cc(OC2CCCCC2O)c1. The molecule has 0 amide bonds. The van der Waals surface area contributed by atoms with Crippen LogP contribution in [0.2, 0.25) is 0 Å². The highest BCUT2D eigenvalue weighted by Gasteiger charge is 2.24. The highest BCUT2D eigenvalue weighted by Crippen LogP contribution is 2.27. The molecule has 2 rings (SSSR count). The van der Waals surface area contributed by atoms with Crippen molar-refractivity contribution in [1.82, 2.24) is 0 Å². The number of aliphatic hydroxyl groups is 1. The number of aliphatic hydroxyl groups excluding tert-OH is 1. The summed E-state index contributed by atoms with van der Waals surface area (Å²) >= 11 is 0. The van der Waals surface area contributed by atoms with E-state index in [0.717, 1.165) is 25.7 Å². The van der Waals surface area contributed by atoms with Crippen LogP contribution in [0, 0.1) is 11.3 Å². The number of benzene rings is 1. The Labute approximate surface area is 107 Å². The van der Waals surface area contributed by atoms with Crippen LogP contribution in [0.15, 0.2) is 18.2 Å². The van der Waals surface area contributed by atoms with Gasteiger partial charge in [-0.1, -0.05) is 6.42 Å². The zero-order chi connectivity index (χ0) is 13.0. The molecule has 1 N–H and O–H groups in total. The molecule has 18 heavy (non-hydrogen) atoms. The molecule has 1 aromatic rings. The number of nitriles is 1. The van der Waals surface area contributed by atoms with Gasteiger partial charge in [0.2, 0.25) is 0 Å². The Hall–Kier alpha value is -1.73. The molecule has 1 aliphatic carbocycles. The summed E-state index contributed by atoms with van der Waals surface area (Å²) in [4.78, 5) is 0. The second-order valence-corrected chi connectivity index (χ2v) is 4.52. The van der Waals surface area contributed by atoms with E-state index in [9.17, 15) is 5.11 Å². The van der Waals surface area contributed by atoms with Crippen molar-refractivity contribution in [1.29, 1.82) is 5.26 Å². The molecule has 1 saturated carbocycles. The molecule has 0 bridgehead atoms. The quantitative estimate of drug-likeness (QED) is 0.889. The monoisotopic (exact) mass is 247 g/mol.